The van der Waals surface area contributed by atoms with Crippen molar-refractivity contribution in [2.75, 3.05) is 6.61 Å². The lowest BCUT2D eigenvalue weighted by atomic mass is 10.1. The molecule has 3 heterocycles. The molecule has 21 heavy (non-hydrogen) atoms. The molecule has 1 aliphatic rings. The minimum absolute atomic E-state index is 0.0724. The van der Waals surface area contributed by atoms with Crippen molar-refractivity contribution in [1.82, 2.24) is 14.8 Å². The van der Waals surface area contributed by atoms with E-state index in [1.165, 1.54) is 10.2 Å². The van der Waals surface area contributed by atoms with Crippen LogP contribution in [0.4, 0.5) is 0 Å². The van der Waals surface area contributed by atoms with Crippen LogP contribution in [0.3, 0.4) is 0 Å². The van der Waals surface area contributed by atoms with Gasteiger partial charge < -0.3 is 9.72 Å². The third kappa shape index (κ3) is 2.05. The molecule has 1 unspecified atom stereocenters. The molecular weight excluding hydrogens is 266 g/mol. The van der Waals surface area contributed by atoms with E-state index in [0.29, 0.717) is 12.1 Å². The average Bonchev–Trinajstić information content (AvgIpc) is 3.09. The van der Waals surface area contributed by atoms with Gasteiger partial charge in [0.25, 0.3) is 5.56 Å². The molecule has 3 aromatic rings. The Balaban J connectivity index is 1.86. The first-order valence-corrected chi connectivity index (χ1v) is 7.32. The molecule has 0 spiro atoms. The second kappa shape index (κ2) is 4.70. The maximum Gasteiger partial charge on any atom is 0.291 e. The molecule has 0 radical (unpaired) electrons. The van der Waals surface area contributed by atoms with Crippen molar-refractivity contribution in [3.63, 3.8) is 0 Å². The quantitative estimate of drug-likeness (QED) is 0.785. The van der Waals surface area contributed by atoms with Gasteiger partial charge in [-0.25, -0.2) is 4.68 Å². The molecule has 0 aliphatic carbocycles. The number of rotatable bonds is 2. The van der Waals surface area contributed by atoms with E-state index in [2.05, 4.69) is 16.1 Å². The number of hydrogen-bond donors (Lipinski definition) is 1. The molecular formula is C16H17N3O2. The fraction of sp³-hybridized carbons (Fsp3) is 0.375. The molecule has 0 amide bonds. The molecule has 4 rings (SSSR count). The summed E-state index contributed by atoms with van der Waals surface area (Å²) in [5.74, 6) is 0. The monoisotopic (exact) mass is 283 g/mol. The number of aromatic nitrogens is 3. The number of nitrogens with one attached hydrogen (secondary N) is 1. The van der Waals surface area contributed by atoms with E-state index in [1.807, 2.05) is 19.1 Å². The number of hydrogen-bond acceptors (Lipinski definition) is 3. The number of aromatic amines is 1. The van der Waals surface area contributed by atoms with Crippen LogP contribution < -0.4 is 5.56 Å². The summed E-state index contributed by atoms with van der Waals surface area (Å²) in [6.45, 7) is 3.36. The smallest absolute Gasteiger partial charge is 0.291 e. The van der Waals surface area contributed by atoms with Crippen molar-refractivity contribution >= 4 is 21.8 Å². The van der Waals surface area contributed by atoms with Crippen molar-refractivity contribution in [2.24, 2.45) is 0 Å². The summed E-state index contributed by atoms with van der Waals surface area (Å²) in [6, 6.07) is 6.13. The number of fused-ring (bicyclic) bond motifs is 3. The minimum Gasteiger partial charge on any atom is -0.376 e. The van der Waals surface area contributed by atoms with Gasteiger partial charge in [-0.3, -0.25) is 4.79 Å². The van der Waals surface area contributed by atoms with Gasteiger partial charge in [-0.2, -0.15) is 5.10 Å². The van der Waals surface area contributed by atoms with Gasteiger partial charge in [0.2, 0.25) is 0 Å². The number of benzene rings is 1. The molecule has 0 saturated carbocycles. The maximum atomic E-state index is 12.6. The van der Waals surface area contributed by atoms with Crippen molar-refractivity contribution < 1.29 is 4.74 Å². The first kappa shape index (κ1) is 12.6. The Hall–Kier alpha value is -2.14. The zero-order chi connectivity index (χ0) is 14.4. The third-order valence-corrected chi connectivity index (χ3v) is 4.17. The molecule has 1 N–H and O–H groups in total. The van der Waals surface area contributed by atoms with Crippen molar-refractivity contribution in [3.05, 3.63) is 40.3 Å². The molecule has 108 valence electrons. The highest BCUT2D eigenvalue weighted by Crippen LogP contribution is 2.23. The lowest BCUT2D eigenvalue weighted by Crippen LogP contribution is -2.28. The Kier molecular flexibility index (Phi) is 2.82. The van der Waals surface area contributed by atoms with Gasteiger partial charge in [-0.1, -0.05) is 11.6 Å². The lowest BCUT2D eigenvalue weighted by molar-refractivity contribution is 0.0928. The second-order valence-corrected chi connectivity index (χ2v) is 5.73. The first-order valence-electron chi connectivity index (χ1n) is 7.32. The number of ether oxygens (including phenoxy) is 1. The topological polar surface area (TPSA) is 59.9 Å². The van der Waals surface area contributed by atoms with Gasteiger partial charge in [-0.05, 0) is 31.9 Å². The molecule has 5 nitrogen and oxygen atoms in total. The Morgan fingerprint density at radius 1 is 1.43 bits per heavy atom. The zero-order valence-corrected chi connectivity index (χ0v) is 11.9. The molecule has 1 fully saturated rings. The summed E-state index contributed by atoms with van der Waals surface area (Å²) >= 11 is 0. The first-order chi connectivity index (χ1) is 10.2. The Labute approximate surface area is 121 Å². The zero-order valence-electron chi connectivity index (χ0n) is 11.9. The second-order valence-electron chi connectivity index (χ2n) is 5.73. The maximum absolute atomic E-state index is 12.6. The number of H-pyrrole nitrogens is 1. The van der Waals surface area contributed by atoms with Gasteiger partial charge >= 0.3 is 0 Å². The number of nitrogens with zero attached hydrogens (tertiary/aromatic N) is 2. The Morgan fingerprint density at radius 3 is 3.14 bits per heavy atom. The molecule has 1 aromatic carbocycles. The lowest BCUT2D eigenvalue weighted by Gasteiger charge is -2.10. The van der Waals surface area contributed by atoms with E-state index in [1.54, 1.807) is 6.20 Å². The fourth-order valence-corrected chi connectivity index (χ4v) is 3.05. The van der Waals surface area contributed by atoms with E-state index in [4.69, 9.17) is 4.74 Å². The molecule has 0 bridgehead atoms. The largest absolute Gasteiger partial charge is 0.376 e. The Morgan fingerprint density at radius 2 is 2.33 bits per heavy atom. The third-order valence-electron chi connectivity index (χ3n) is 4.17. The summed E-state index contributed by atoms with van der Waals surface area (Å²) in [7, 11) is 0. The van der Waals surface area contributed by atoms with E-state index >= 15 is 0 Å². The Bertz CT molecular complexity index is 872. The van der Waals surface area contributed by atoms with Crippen molar-refractivity contribution in [1.29, 1.82) is 0 Å². The summed E-state index contributed by atoms with van der Waals surface area (Å²) in [5, 5.41) is 6.27. The van der Waals surface area contributed by atoms with Crippen molar-refractivity contribution in [2.45, 2.75) is 32.4 Å². The van der Waals surface area contributed by atoms with Crippen LogP contribution in [0.15, 0.2) is 29.2 Å². The van der Waals surface area contributed by atoms with E-state index in [-0.39, 0.29) is 11.7 Å². The fourth-order valence-electron chi connectivity index (χ4n) is 3.05. The van der Waals surface area contributed by atoms with Crippen LogP contribution in [-0.2, 0) is 11.3 Å². The molecule has 1 saturated heterocycles. The minimum atomic E-state index is -0.0724. The highest BCUT2D eigenvalue weighted by Gasteiger charge is 2.18. The van der Waals surface area contributed by atoms with Gasteiger partial charge in [0.1, 0.15) is 5.52 Å². The highest BCUT2D eigenvalue weighted by molar-refractivity contribution is 6.06. The summed E-state index contributed by atoms with van der Waals surface area (Å²) in [4.78, 5) is 15.8. The summed E-state index contributed by atoms with van der Waals surface area (Å²) in [6.07, 6.45) is 3.95. The standard InChI is InChI=1S/C16H17N3O2/c1-10-4-5-14-12(7-10)13-8-17-19(16(20)15(13)18-14)9-11-3-2-6-21-11/h4-5,7-8,11,18H,2-3,6,9H2,1H3. The average molecular weight is 283 g/mol. The van der Waals surface area contributed by atoms with Crippen LogP contribution in [0, 0.1) is 6.92 Å². The van der Waals surface area contributed by atoms with E-state index < -0.39 is 0 Å². The normalized spacial score (nSPS) is 18.8. The van der Waals surface area contributed by atoms with Gasteiger partial charge in [-0.15, -0.1) is 0 Å². The molecule has 2 aromatic heterocycles. The van der Waals surface area contributed by atoms with E-state index in [9.17, 15) is 4.79 Å². The van der Waals surface area contributed by atoms with Crippen LogP contribution >= 0.6 is 0 Å². The van der Waals surface area contributed by atoms with Crippen LogP contribution in [0.2, 0.25) is 0 Å². The van der Waals surface area contributed by atoms with Crippen LogP contribution in [0.5, 0.6) is 0 Å². The van der Waals surface area contributed by atoms with Crippen LogP contribution in [0.25, 0.3) is 21.8 Å². The predicted octanol–water partition coefficient (Wildman–Crippen LogP) is 2.37. The molecule has 1 aliphatic heterocycles. The van der Waals surface area contributed by atoms with Crippen molar-refractivity contribution in [3.8, 4) is 0 Å². The van der Waals surface area contributed by atoms with Gasteiger partial charge in [0.05, 0.1) is 18.8 Å². The van der Waals surface area contributed by atoms with Gasteiger partial charge in [0, 0.05) is 22.9 Å². The van der Waals surface area contributed by atoms with Gasteiger partial charge in [0.15, 0.2) is 0 Å². The highest BCUT2D eigenvalue weighted by atomic mass is 16.5. The number of aryl methyl sites for hydroxylation is 1. The summed E-state index contributed by atoms with van der Waals surface area (Å²) < 4.78 is 7.10. The van der Waals surface area contributed by atoms with Crippen LogP contribution in [0.1, 0.15) is 18.4 Å². The molecule has 1 atom stereocenters. The summed E-state index contributed by atoms with van der Waals surface area (Å²) in [5.41, 5.74) is 2.71. The predicted molar refractivity (Wildman–Crippen MR) is 81.6 cm³/mol. The SMILES string of the molecule is Cc1ccc2[nH]c3c(=O)n(CC4CCCO4)ncc3c2c1. The van der Waals surface area contributed by atoms with Crippen LogP contribution in [-0.4, -0.2) is 27.5 Å². The molecule has 5 heteroatoms. The van der Waals surface area contributed by atoms with E-state index in [0.717, 1.165) is 35.7 Å².